The van der Waals surface area contributed by atoms with Crippen LogP contribution in [0.1, 0.15) is 31.4 Å². The lowest BCUT2D eigenvalue weighted by molar-refractivity contribution is 0.145. The summed E-state index contributed by atoms with van der Waals surface area (Å²) < 4.78 is 19.0. The molecule has 0 amide bonds. The first-order valence-corrected chi connectivity index (χ1v) is 6.37. The minimum Gasteiger partial charge on any atom is -0.496 e. The number of halogens is 1. The van der Waals surface area contributed by atoms with E-state index in [-0.39, 0.29) is 18.0 Å². The lowest BCUT2D eigenvalue weighted by Crippen LogP contribution is -2.30. The third-order valence-electron chi connectivity index (χ3n) is 3.47. The summed E-state index contributed by atoms with van der Waals surface area (Å²) in [5, 5.41) is 13.0. The normalized spacial score (nSPS) is 18.4. The molecule has 18 heavy (non-hydrogen) atoms. The Labute approximate surface area is 107 Å². The van der Waals surface area contributed by atoms with Crippen molar-refractivity contribution in [2.24, 2.45) is 5.92 Å². The Balaban J connectivity index is 2.00. The number of hydrogen-bond acceptors (Lipinski definition) is 3. The number of hydrogen-bond donors (Lipinski definition) is 2. The minimum atomic E-state index is -0.329. The van der Waals surface area contributed by atoms with Gasteiger partial charge in [0.05, 0.1) is 13.2 Å². The summed E-state index contributed by atoms with van der Waals surface area (Å²) in [7, 11) is 1.53. The number of rotatable bonds is 6. The molecule has 0 aromatic heterocycles. The van der Waals surface area contributed by atoms with Crippen LogP contribution in [0, 0.1) is 11.7 Å². The van der Waals surface area contributed by atoms with E-state index in [1.807, 2.05) is 6.92 Å². The predicted molar refractivity (Wildman–Crippen MR) is 68.1 cm³/mol. The fraction of sp³-hybridized carbons (Fsp3) is 0.571. The van der Waals surface area contributed by atoms with Gasteiger partial charge >= 0.3 is 0 Å². The second kappa shape index (κ2) is 5.67. The van der Waals surface area contributed by atoms with Gasteiger partial charge in [0.25, 0.3) is 0 Å². The number of aliphatic hydroxyl groups excluding tert-OH is 1. The monoisotopic (exact) mass is 253 g/mol. The topological polar surface area (TPSA) is 41.5 Å². The van der Waals surface area contributed by atoms with E-state index >= 15 is 0 Å². The standard InChI is InChI=1S/C14H20FNO2/c1-9(16-8-12(17)10-6-7-10)14-11(15)4-3-5-13(14)18-2/h3-5,9-10,12,16-17H,6-8H2,1-2H3. The lowest BCUT2D eigenvalue weighted by atomic mass is 10.1. The minimum absolute atomic E-state index is 0.186. The Bertz CT molecular complexity index is 407. The molecule has 2 atom stereocenters. The zero-order valence-corrected chi connectivity index (χ0v) is 10.8. The van der Waals surface area contributed by atoms with E-state index in [1.54, 1.807) is 12.1 Å². The Hall–Kier alpha value is -1.13. The van der Waals surface area contributed by atoms with Crippen LogP contribution < -0.4 is 10.1 Å². The van der Waals surface area contributed by atoms with Gasteiger partial charge in [0.1, 0.15) is 11.6 Å². The first kappa shape index (κ1) is 13.3. The molecule has 0 radical (unpaired) electrons. The second-order valence-electron chi connectivity index (χ2n) is 4.89. The Morgan fingerprint density at radius 3 is 2.83 bits per heavy atom. The number of benzene rings is 1. The molecule has 0 bridgehead atoms. The average molecular weight is 253 g/mol. The van der Waals surface area contributed by atoms with Gasteiger partial charge in [-0.25, -0.2) is 4.39 Å². The molecule has 1 aromatic rings. The summed E-state index contributed by atoms with van der Waals surface area (Å²) in [5.74, 6) is 0.679. The summed E-state index contributed by atoms with van der Waals surface area (Å²) in [6.07, 6.45) is 1.87. The second-order valence-corrected chi connectivity index (χ2v) is 4.89. The van der Waals surface area contributed by atoms with Crippen molar-refractivity contribution in [3.63, 3.8) is 0 Å². The van der Waals surface area contributed by atoms with E-state index in [1.165, 1.54) is 13.2 Å². The smallest absolute Gasteiger partial charge is 0.131 e. The number of nitrogens with one attached hydrogen (secondary N) is 1. The fourth-order valence-electron chi connectivity index (χ4n) is 2.16. The van der Waals surface area contributed by atoms with Crippen molar-refractivity contribution in [2.45, 2.75) is 31.9 Å². The van der Waals surface area contributed by atoms with E-state index in [9.17, 15) is 9.50 Å². The SMILES string of the molecule is COc1cccc(F)c1C(C)NCC(O)C1CC1. The summed E-state index contributed by atoms with van der Waals surface area (Å²) in [6.45, 7) is 2.36. The molecule has 1 aromatic carbocycles. The van der Waals surface area contributed by atoms with Crippen molar-refractivity contribution in [2.75, 3.05) is 13.7 Å². The highest BCUT2D eigenvalue weighted by Gasteiger charge is 2.29. The van der Waals surface area contributed by atoms with Gasteiger partial charge in [-0.3, -0.25) is 0 Å². The van der Waals surface area contributed by atoms with Gasteiger partial charge < -0.3 is 15.2 Å². The first-order valence-electron chi connectivity index (χ1n) is 6.37. The molecular weight excluding hydrogens is 233 g/mol. The van der Waals surface area contributed by atoms with Crippen LogP contribution in [0.25, 0.3) is 0 Å². The van der Waals surface area contributed by atoms with E-state index in [2.05, 4.69) is 5.32 Å². The maximum absolute atomic E-state index is 13.8. The van der Waals surface area contributed by atoms with Gasteiger partial charge in [0, 0.05) is 18.2 Å². The van der Waals surface area contributed by atoms with Crippen LogP contribution in [0.15, 0.2) is 18.2 Å². The molecule has 2 unspecified atom stereocenters. The van der Waals surface area contributed by atoms with Crippen LogP contribution in [-0.2, 0) is 0 Å². The molecule has 2 rings (SSSR count). The quantitative estimate of drug-likeness (QED) is 0.817. The zero-order chi connectivity index (χ0) is 13.1. The van der Waals surface area contributed by atoms with Crippen molar-refractivity contribution in [1.29, 1.82) is 0 Å². The van der Waals surface area contributed by atoms with Crippen LogP contribution in [0.5, 0.6) is 5.75 Å². The molecular formula is C14H20FNO2. The van der Waals surface area contributed by atoms with Gasteiger partial charge in [-0.15, -0.1) is 0 Å². The molecule has 4 heteroatoms. The van der Waals surface area contributed by atoms with Crippen molar-refractivity contribution < 1.29 is 14.2 Å². The Morgan fingerprint density at radius 1 is 1.50 bits per heavy atom. The molecule has 3 nitrogen and oxygen atoms in total. The summed E-state index contributed by atoms with van der Waals surface area (Å²) in [6, 6.07) is 4.61. The lowest BCUT2D eigenvalue weighted by Gasteiger charge is -2.19. The van der Waals surface area contributed by atoms with Crippen molar-refractivity contribution in [3.05, 3.63) is 29.6 Å². The molecule has 1 aliphatic carbocycles. The fourth-order valence-corrected chi connectivity index (χ4v) is 2.16. The molecule has 0 saturated heterocycles. The Morgan fingerprint density at radius 2 is 2.22 bits per heavy atom. The van der Waals surface area contributed by atoms with Crippen molar-refractivity contribution in [3.8, 4) is 5.75 Å². The number of ether oxygens (including phenoxy) is 1. The largest absolute Gasteiger partial charge is 0.496 e. The van der Waals surface area contributed by atoms with Crippen LogP contribution in [0.4, 0.5) is 4.39 Å². The summed E-state index contributed by atoms with van der Waals surface area (Å²) in [5.41, 5.74) is 0.517. The average Bonchev–Trinajstić information content (AvgIpc) is 3.19. The van der Waals surface area contributed by atoms with E-state index in [0.717, 1.165) is 12.8 Å². The number of aliphatic hydroxyl groups is 1. The highest BCUT2D eigenvalue weighted by atomic mass is 19.1. The maximum Gasteiger partial charge on any atom is 0.131 e. The van der Waals surface area contributed by atoms with Gasteiger partial charge in [0.15, 0.2) is 0 Å². The van der Waals surface area contributed by atoms with Gasteiger partial charge in [-0.05, 0) is 37.8 Å². The van der Waals surface area contributed by atoms with Crippen LogP contribution in [0.2, 0.25) is 0 Å². The van der Waals surface area contributed by atoms with Gasteiger partial charge in [-0.1, -0.05) is 6.07 Å². The molecule has 0 aliphatic heterocycles. The first-order chi connectivity index (χ1) is 8.63. The maximum atomic E-state index is 13.8. The van der Waals surface area contributed by atoms with Crippen molar-refractivity contribution >= 4 is 0 Å². The third kappa shape index (κ3) is 3.00. The summed E-state index contributed by atoms with van der Waals surface area (Å²) in [4.78, 5) is 0. The van der Waals surface area contributed by atoms with E-state index in [4.69, 9.17) is 4.74 Å². The molecule has 1 aliphatic rings. The van der Waals surface area contributed by atoms with Crippen LogP contribution in [-0.4, -0.2) is 24.9 Å². The van der Waals surface area contributed by atoms with E-state index in [0.29, 0.717) is 23.8 Å². The molecule has 1 saturated carbocycles. The van der Waals surface area contributed by atoms with Gasteiger partial charge in [0.2, 0.25) is 0 Å². The molecule has 100 valence electrons. The van der Waals surface area contributed by atoms with Crippen LogP contribution in [0.3, 0.4) is 0 Å². The zero-order valence-electron chi connectivity index (χ0n) is 10.8. The molecule has 2 N–H and O–H groups in total. The molecule has 1 fully saturated rings. The molecule has 0 heterocycles. The summed E-state index contributed by atoms with van der Waals surface area (Å²) >= 11 is 0. The third-order valence-corrected chi connectivity index (χ3v) is 3.47. The highest BCUT2D eigenvalue weighted by Crippen LogP contribution is 2.33. The predicted octanol–water partition coefficient (Wildman–Crippen LogP) is 2.26. The number of methoxy groups -OCH3 is 1. The molecule has 0 spiro atoms. The van der Waals surface area contributed by atoms with Crippen molar-refractivity contribution in [1.82, 2.24) is 5.32 Å². The Kier molecular flexibility index (Phi) is 4.19. The highest BCUT2D eigenvalue weighted by molar-refractivity contribution is 5.36. The van der Waals surface area contributed by atoms with Crippen LogP contribution >= 0.6 is 0 Å². The van der Waals surface area contributed by atoms with Gasteiger partial charge in [-0.2, -0.15) is 0 Å². The van der Waals surface area contributed by atoms with E-state index < -0.39 is 0 Å².